The van der Waals surface area contributed by atoms with Crippen molar-refractivity contribution in [2.45, 2.75) is 19.9 Å². The number of nitrogens with zero attached hydrogens (tertiary/aromatic N) is 3. The molecule has 0 fully saturated rings. The summed E-state index contributed by atoms with van der Waals surface area (Å²) in [6, 6.07) is 5.75. The zero-order chi connectivity index (χ0) is 17.5. The Balaban J connectivity index is 1.73. The van der Waals surface area contributed by atoms with Gasteiger partial charge < -0.3 is 14.8 Å². The summed E-state index contributed by atoms with van der Waals surface area (Å²) in [5.41, 5.74) is -0.0195. The Hall–Kier alpha value is -2.70. The molecule has 0 aliphatic rings. The first kappa shape index (κ1) is 17.7. The van der Waals surface area contributed by atoms with Gasteiger partial charge >= 0.3 is 0 Å². The van der Waals surface area contributed by atoms with Crippen LogP contribution >= 0.6 is 0 Å². The van der Waals surface area contributed by atoms with E-state index in [1.807, 2.05) is 17.7 Å². The number of nitrogens with one attached hydrogen (secondary N) is 1. The van der Waals surface area contributed by atoms with Crippen molar-refractivity contribution in [3.63, 3.8) is 0 Å². The molecular formula is C17H21FN4O2. The second kappa shape index (κ2) is 8.24. The minimum absolute atomic E-state index is 0.0195. The summed E-state index contributed by atoms with van der Waals surface area (Å²) in [6.07, 6.45) is 3.75. The summed E-state index contributed by atoms with van der Waals surface area (Å²) in [5, 5.41) is 2.56. The minimum Gasteiger partial charge on any atom is -0.351 e. The van der Waals surface area contributed by atoms with E-state index in [2.05, 4.69) is 10.3 Å². The predicted molar refractivity (Wildman–Crippen MR) is 88.0 cm³/mol. The molecule has 0 aliphatic carbocycles. The van der Waals surface area contributed by atoms with Crippen LogP contribution in [0.15, 0.2) is 36.7 Å². The number of hydrogen-bond acceptors (Lipinski definition) is 3. The molecule has 1 aromatic heterocycles. The number of aromatic nitrogens is 2. The molecule has 1 heterocycles. The van der Waals surface area contributed by atoms with Crippen LogP contribution in [0.4, 0.5) is 4.39 Å². The maximum Gasteiger partial charge on any atom is 0.254 e. The van der Waals surface area contributed by atoms with Crippen molar-refractivity contribution in [3.8, 4) is 0 Å². The van der Waals surface area contributed by atoms with E-state index >= 15 is 0 Å². The summed E-state index contributed by atoms with van der Waals surface area (Å²) < 4.78 is 15.4. The number of likely N-dealkylation sites (N-methyl/N-ethyl adjacent to an activating group) is 1. The summed E-state index contributed by atoms with van der Waals surface area (Å²) in [5.74, 6) is -0.277. The third-order valence-electron chi connectivity index (χ3n) is 3.77. The molecule has 0 aliphatic heterocycles. The van der Waals surface area contributed by atoms with E-state index < -0.39 is 11.7 Å². The highest BCUT2D eigenvalue weighted by atomic mass is 19.1. The first-order chi connectivity index (χ1) is 11.5. The SMILES string of the molecule is Cc1nccn1CCN(C)C(=O)CCNC(=O)c1ccccc1F. The van der Waals surface area contributed by atoms with Crippen LogP contribution in [0.2, 0.25) is 0 Å². The molecule has 0 spiro atoms. The van der Waals surface area contributed by atoms with Crippen LogP contribution in [-0.2, 0) is 11.3 Å². The molecule has 128 valence electrons. The fourth-order valence-electron chi connectivity index (χ4n) is 2.24. The first-order valence-corrected chi connectivity index (χ1v) is 7.73. The van der Waals surface area contributed by atoms with Crippen molar-refractivity contribution < 1.29 is 14.0 Å². The lowest BCUT2D eigenvalue weighted by Crippen LogP contribution is -2.34. The van der Waals surface area contributed by atoms with E-state index in [-0.39, 0.29) is 24.4 Å². The number of imidazole rings is 1. The Morgan fingerprint density at radius 3 is 2.75 bits per heavy atom. The molecule has 2 amide bonds. The second-order valence-electron chi connectivity index (χ2n) is 5.47. The van der Waals surface area contributed by atoms with E-state index in [4.69, 9.17) is 0 Å². The lowest BCUT2D eigenvalue weighted by Gasteiger charge is -2.18. The van der Waals surface area contributed by atoms with Crippen molar-refractivity contribution >= 4 is 11.8 Å². The van der Waals surface area contributed by atoms with E-state index in [9.17, 15) is 14.0 Å². The lowest BCUT2D eigenvalue weighted by atomic mass is 10.2. The van der Waals surface area contributed by atoms with Crippen molar-refractivity contribution in [2.24, 2.45) is 0 Å². The summed E-state index contributed by atoms with van der Waals surface area (Å²) >= 11 is 0. The Kier molecular flexibility index (Phi) is 6.06. The molecule has 0 saturated carbocycles. The number of benzene rings is 1. The molecular weight excluding hydrogens is 311 g/mol. The van der Waals surface area contributed by atoms with Gasteiger partial charge in [-0.1, -0.05) is 12.1 Å². The molecule has 0 atom stereocenters. The molecule has 0 unspecified atom stereocenters. The van der Waals surface area contributed by atoms with Gasteiger partial charge in [-0.3, -0.25) is 9.59 Å². The van der Waals surface area contributed by atoms with Crippen molar-refractivity contribution in [1.82, 2.24) is 19.8 Å². The number of aryl methyl sites for hydroxylation is 1. The molecule has 1 N–H and O–H groups in total. The number of carbonyl (C=O) groups is 2. The van der Waals surface area contributed by atoms with Crippen molar-refractivity contribution in [3.05, 3.63) is 53.9 Å². The van der Waals surface area contributed by atoms with Gasteiger partial charge in [0.05, 0.1) is 5.56 Å². The molecule has 24 heavy (non-hydrogen) atoms. The van der Waals surface area contributed by atoms with E-state index in [1.54, 1.807) is 24.2 Å². The van der Waals surface area contributed by atoms with E-state index in [0.29, 0.717) is 13.1 Å². The fourth-order valence-corrected chi connectivity index (χ4v) is 2.24. The van der Waals surface area contributed by atoms with Gasteiger partial charge in [0.15, 0.2) is 0 Å². The van der Waals surface area contributed by atoms with E-state index in [0.717, 1.165) is 5.82 Å². The van der Waals surface area contributed by atoms with Gasteiger partial charge in [-0.2, -0.15) is 0 Å². The minimum atomic E-state index is -0.575. The van der Waals surface area contributed by atoms with Crippen LogP contribution in [0, 0.1) is 12.7 Å². The molecule has 2 aromatic rings. The molecule has 2 rings (SSSR count). The summed E-state index contributed by atoms with van der Waals surface area (Å²) in [4.78, 5) is 29.6. The van der Waals surface area contributed by atoms with E-state index in [1.165, 1.54) is 18.2 Å². The topological polar surface area (TPSA) is 67.2 Å². The van der Waals surface area contributed by atoms with Crippen molar-refractivity contribution in [2.75, 3.05) is 20.1 Å². The average molecular weight is 332 g/mol. The Morgan fingerprint density at radius 2 is 2.08 bits per heavy atom. The number of rotatable bonds is 7. The maximum atomic E-state index is 13.5. The maximum absolute atomic E-state index is 13.5. The number of amides is 2. The molecule has 6 nitrogen and oxygen atoms in total. The van der Waals surface area contributed by atoms with Crippen LogP contribution < -0.4 is 5.32 Å². The summed E-state index contributed by atoms with van der Waals surface area (Å²) in [6.45, 7) is 3.29. The Bertz CT molecular complexity index is 714. The normalized spacial score (nSPS) is 10.5. The number of hydrogen-bond donors (Lipinski definition) is 1. The van der Waals surface area contributed by atoms with Crippen LogP contribution in [0.25, 0.3) is 0 Å². The first-order valence-electron chi connectivity index (χ1n) is 7.73. The third kappa shape index (κ3) is 4.65. The van der Waals surface area contributed by atoms with Crippen LogP contribution in [0.1, 0.15) is 22.6 Å². The third-order valence-corrected chi connectivity index (χ3v) is 3.77. The highest BCUT2D eigenvalue weighted by molar-refractivity contribution is 5.94. The zero-order valence-corrected chi connectivity index (χ0v) is 13.8. The average Bonchev–Trinajstić information content (AvgIpc) is 2.97. The molecule has 0 saturated heterocycles. The standard InChI is InChI=1S/C17H21FN4O2/c1-13-19-9-10-22(13)12-11-21(2)16(23)7-8-20-17(24)14-5-3-4-6-15(14)18/h3-6,9-10H,7-8,11-12H2,1-2H3,(H,20,24). The highest BCUT2D eigenvalue weighted by Crippen LogP contribution is 2.05. The van der Waals surface area contributed by atoms with Gasteiger partial charge in [-0.15, -0.1) is 0 Å². The lowest BCUT2D eigenvalue weighted by molar-refractivity contribution is -0.129. The zero-order valence-electron chi connectivity index (χ0n) is 13.8. The van der Waals surface area contributed by atoms with Crippen LogP contribution in [0.3, 0.4) is 0 Å². The predicted octanol–water partition coefficient (Wildman–Crippen LogP) is 1.61. The van der Waals surface area contributed by atoms with Gasteiger partial charge in [-0.25, -0.2) is 9.37 Å². The number of halogens is 1. The van der Waals surface area contributed by atoms with Gasteiger partial charge in [0.1, 0.15) is 11.6 Å². The molecule has 0 radical (unpaired) electrons. The monoisotopic (exact) mass is 332 g/mol. The van der Waals surface area contributed by atoms with Crippen molar-refractivity contribution in [1.29, 1.82) is 0 Å². The Morgan fingerprint density at radius 1 is 1.33 bits per heavy atom. The molecule has 0 bridgehead atoms. The Labute approximate surface area is 140 Å². The quantitative estimate of drug-likeness (QED) is 0.838. The molecule has 1 aromatic carbocycles. The molecule has 7 heteroatoms. The smallest absolute Gasteiger partial charge is 0.254 e. The van der Waals surface area contributed by atoms with Gasteiger partial charge in [0.25, 0.3) is 5.91 Å². The summed E-state index contributed by atoms with van der Waals surface area (Å²) in [7, 11) is 1.72. The fraction of sp³-hybridized carbons (Fsp3) is 0.353. The van der Waals surface area contributed by atoms with Gasteiger partial charge in [0.2, 0.25) is 5.91 Å². The van der Waals surface area contributed by atoms with Gasteiger partial charge in [0, 0.05) is 45.5 Å². The van der Waals surface area contributed by atoms with Crippen LogP contribution in [-0.4, -0.2) is 46.4 Å². The van der Waals surface area contributed by atoms with Gasteiger partial charge in [-0.05, 0) is 19.1 Å². The van der Waals surface area contributed by atoms with Crippen LogP contribution in [0.5, 0.6) is 0 Å². The highest BCUT2D eigenvalue weighted by Gasteiger charge is 2.12. The second-order valence-corrected chi connectivity index (χ2v) is 5.47. The number of carbonyl (C=O) groups excluding carboxylic acids is 2. The largest absolute Gasteiger partial charge is 0.351 e.